The van der Waals surface area contributed by atoms with Gasteiger partial charge in [-0.15, -0.1) is 0 Å². The molecule has 2 nitrogen and oxygen atoms in total. The smallest absolute Gasteiger partial charge is 0.0576 e. The van der Waals surface area contributed by atoms with Crippen LogP contribution in [0.1, 0.15) is 31.9 Å². The van der Waals surface area contributed by atoms with Gasteiger partial charge in [-0.2, -0.15) is 0 Å². The Labute approximate surface area is 115 Å². The third-order valence-corrected chi connectivity index (χ3v) is 3.26. The van der Waals surface area contributed by atoms with Crippen molar-refractivity contribution in [2.75, 3.05) is 11.1 Å². The molecule has 3 N–H and O–H groups in total. The molecule has 0 amide bonds. The predicted molar refractivity (Wildman–Crippen MR) is 83.3 cm³/mol. The van der Waals surface area contributed by atoms with E-state index in [0.717, 1.165) is 17.9 Å². The first-order valence-electron chi connectivity index (χ1n) is 6.64. The molecule has 0 aliphatic rings. The summed E-state index contributed by atoms with van der Waals surface area (Å²) in [4.78, 5) is 0. The van der Waals surface area contributed by atoms with Crippen molar-refractivity contribution in [1.82, 2.24) is 0 Å². The van der Waals surface area contributed by atoms with Crippen LogP contribution in [0.5, 0.6) is 0 Å². The van der Waals surface area contributed by atoms with Gasteiger partial charge in [0.25, 0.3) is 0 Å². The summed E-state index contributed by atoms with van der Waals surface area (Å²) in [6, 6.07) is 16.6. The van der Waals surface area contributed by atoms with E-state index in [0.29, 0.717) is 0 Å². The molecular formula is C17H22N2. The molecule has 0 saturated carbocycles. The van der Waals surface area contributed by atoms with Crippen LogP contribution in [0, 0.1) is 0 Å². The summed E-state index contributed by atoms with van der Waals surface area (Å²) in [6.45, 7) is 7.47. The fourth-order valence-electron chi connectivity index (χ4n) is 1.98. The zero-order chi connectivity index (χ0) is 13.9. The second-order valence-corrected chi connectivity index (χ2v) is 5.89. The van der Waals surface area contributed by atoms with Gasteiger partial charge < -0.3 is 11.1 Å². The van der Waals surface area contributed by atoms with Crippen LogP contribution in [0.25, 0.3) is 0 Å². The largest absolute Gasteiger partial charge is 0.397 e. The zero-order valence-electron chi connectivity index (χ0n) is 11.9. The van der Waals surface area contributed by atoms with Gasteiger partial charge in [-0.3, -0.25) is 0 Å². The molecule has 2 aromatic carbocycles. The maximum Gasteiger partial charge on any atom is 0.0576 e. The van der Waals surface area contributed by atoms with Crippen LogP contribution in [-0.2, 0) is 12.0 Å². The lowest BCUT2D eigenvalue weighted by molar-refractivity contribution is 0.590. The van der Waals surface area contributed by atoms with E-state index in [1.165, 1.54) is 11.1 Å². The van der Waals surface area contributed by atoms with E-state index in [4.69, 9.17) is 5.73 Å². The van der Waals surface area contributed by atoms with Crippen LogP contribution >= 0.6 is 0 Å². The summed E-state index contributed by atoms with van der Waals surface area (Å²) in [6.07, 6.45) is 0. The Morgan fingerprint density at radius 1 is 0.947 bits per heavy atom. The Balaban J connectivity index is 2.03. The molecule has 2 rings (SSSR count). The fourth-order valence-corrected chi connectivity index (χ4v) is 1.98. The van der Waals surface area contributed by atoms with Crippen LogP contribution in [0.15, 0.2) is 48.5 Å². The van der Waals surface area contributed by atoms with Crippen LogP contribution in [0.2, 0.25) is 0 Å². The van der Waals surface area contributed by atoms with E-state index >= 15 is 0 Å². The zero-order valence-corrected chi connectivity index (χ0v) is 11.9. The van der Waals surface area contributed by atoms with E-state index in [1.807, 2.05) is 24.3 Å². The number of benzene rings is 2. The van der Waals surface area contributed by atoms with E-state index in [9.17, 15) is 0 Å². The maximum atomic E-state index is 5.90. The molecule has 0 aliphatic heterocycles. The van der Waals surface area contributed by atoms with Crippen molar-refractivity contribution in [3.8, 4) is 0 Å². The molecule has 0 saturated heterocycles. The van der Waals surface area contributed by atoms with Crippen LogP contribution in [0.4, 0.5) is 11.4 Å². The van der Waals surface area contributed by atoms with Gasteiger partial charge in [-0.05, 0) is 28.7 Å². The highest BCUT2D eigenvalue weighted by molar-refractivity contribution is 5.65. The van der Waals surface area contributed by atoms with Gasteiger partial charge in [-0.1, -0.05) is 57.2 Å². The summed E-state index contributed by atoms with van der Waals surface area (Å²) in [5.74, 6) is 0. The predicted octanol–water partition coefficient (Wildman–Crippen LogP) is 4.18. The third-order valence-electron chi connectivity index (χ3n) is 3.26. The Kier molecular flexibility index (Phi) is 3.79. The number of hydrogen-bond donors (Lipinski definition) is 2. The molecule has 2 aromatic rings. The van der Waals surface area contributed by atoms with Crippen LogP contribution in [-0.4, -0.2) is 0 Å². The molecule has 2 heteroatoms. The average Bonchev–Trinajstić information content (AvgIpc) is 2.37. The van der Waals surface area contributed by atoms with Crippen LogP contribution in [0.3, 0.4) is 0 Å². The SMILES string of the molecule is CC(C)(C)c1ccc(CNc2ccccc2N)cc1. The van der Waals surface area contributed by atoms with Gasteiger partial charge in [-0.25, -0.2) is 0 Å². The number of para-hydroxylation sites is 2. The van der Waals surface area contributed by atoms with Gasteiger partial charge in [0.05, 0.1) is 11.4 Å². The van der Waals surface area contributed by atoms with E-state index < -0.39 is 0 Å². The number of anilines is 2. The van der Waals surface area contributed by atoms with E-state index in [2.05, 4.69) is 50.4 Å². The van der Waals surface area contributed by atoms with Crippen molar-refractivity contribution in [3.05, 3.63) is 59.7 Å². The van der Waals surface area contributed by atoms with Gasteiger partial charge in [0.2, 0.25) is 0 Å². The number of nitrogens with one attached hydrogen (secondary N) is 1. The van der Waals surface area contributed by atoms with E-state index in [1.54, 1.807) is 0 Å². The lowest BCUT2D eigenvalue weighted by atomic mass is 9.87. The average molecular weight is 254 g/mol. The molecule has 0 unspecified atom stereocenters. The number of rotatable bonds is 3. The Morgan fingerprint density at radius 3 is 2.16 bits per heavy atom. The highest BCUT2D eigenvalue weighted by atomic mass is 14.9. The molecule has 0 aromatic heterocycles. The van der Waals surface area contributed by atoms with Crippen molar-refractivity contribution >= 4 is 11.4 Å². The summed E-state index contributed by atoms with van der Waals surface area (Å²) >= 11 is 0. The van der Waals surface area contributed by atoms with Gasteiger partial charge >= 0.3 is 0 Å². The normalized spacial score (nSPS) is 11.3. The van der Waals surface area contributed by atoms with E-state index in [-0.39, 0.29) is 5.41 Å². The molecule has 100 valence electrons. The standard InChI is InChI=1S/C17H22N2/c1-17(2,3)14-10-8-13(9-11-14)12-19-16-7-5-4-6-15(16)18/h4-11,19H,12,18H2,1-3H3. The molecule has 0 fully saturated rings. The van der Waals surface area contributed by atoms with Crippen molar-refractivity contribution in [1.29, 1.82) is 0 Å². The minimum Gasteiger partial charge on any atom is -0.397 e. The fraction of sp³-hybridized carbons (Fsp3) is 0.294. The summed E-state index contributed by atoms with van der Waals surface area (Å²) in [7, 11) is 0. The quantitative estimate of drug-likeness (QED) is 0.806. The monoisotopic (exact) mass is 254 g/mol. The first-order chi connectivity index (χ1) is 8.97. The van der Waals surface area contributed by atoms with Gasteiger partial charge in [0.15, 0.2) is 0 Å². The van der Waals surface area contributed by atoms with Crippen molar-refractivity contribution in [3.63, 3.8) is 0 Å². The lowest BCUT2D eigenvalue weighted by Crippen LogP contribution is -2.11. The Bertz CT molecular complexity index is 536. The van der Waals surface area contributed by atoms with Crippen molar-refractivity contribution in [2.24, 2.45) is 0 Å². The minimum atomic E-state index is 0.204. The second-order valence-electron chi connectivity index (χ2n) is 5.89. The molecule has 0 aliphatic carbocycles. The molecule has 0 atom stereocenters. The molecular weight excluding hydrogens is 232 g/mol. The highest BCUT2D eigenvalue weighted by Crippen LogP contribution is 2.23. The first-order valence-corrected chi connectivity index (χ1v) is 6.64. The number of nitrogens with two attached hydrogens (primary N) is 1. The van der Waals surface area contributed by atoms with Gasteiger partial charge in [0.1, 0.15) is 0 Å². The van der Waals surface area contributed by atoms with Crippen molar-refractivity contribution < 1.29 is 0 Å². The minimum absolute atomic E-state index is 0.204. The van der Waals surface area contributed by atoms with Crippen molar-refractivity contribution in [2.45, 2.75) is 32.7 Å². The third kappa shape index (κ3) is 3.50. The Hall–Kier alpha value is -1.96. The molecule has 0 bridgehead atoms. The lowest BCUT2D eigenvalue weighted by Gasteiger charge is -2.19. The molecule has 19 heavy (non-hydrogen) atoms. The number of nitrogen functional groups attached to an aromatic ring is 1. The second kappa shape index (κ2) is 5.35. The topological polar surface area (TPSA) is 38.0 Å². The molecule has 0 radical (unpaired) electrons. The summed E-state index contributed by atoms with van der Waals surface area (Å²) < 4.78 is 0. The van der Waals surface area contributed by atoms with Gasteiger partial charge in [0, 0.05) is 6.54 Å². The molecule has 0 heterocycles. The molecule has 0 spiro atoms. The summed E-state index contributed by atoms with van der Waals surface area (Å²) in [5.41, 5.74) is 10.5. The van der Waals surface area contributed by atoms with Crippen LogP contribution < -0.4 is 11.1 Å². The first kappa shape index (κ1) is 13.5. The highest BCUT2D eigenvalue weighted by Gasteiger charge is 2.12. The number of hydrogen-bond acceptors (Lipinski definition) is 2. The summed E-state index contributed by atoms with van der Waals surface area (Å²) in [5, 5.41) is 3.36. The Morgan fingerprint density at radius 2 is 1.58 bits per heavy atom. The maximum absolute atomic E-state index is 5.90.